The second-order valence-corrected chi connectivity index (χ2v) is 3.84. The van der Waals surface area contributed by atoms with Gasteiger partial charge in [0, 0.05) is 5.56 Å². The molecule has 2 aromatic carbocycles. The highest BCUT2D eigenvalue weighted by molar-refractivity contribution is 6.04. The van der Waals surface area contributed by atoms with E-state index in [0.29, 0.717) is 5.56 Å². The third kappa shape index (κ3) is 3.28. The van der Waals surface area contributed by atoms with Crippen LogP contribution in [-0.4, -0.2) is 11.8 Å². The molecule has 0 fully saturated rings. The van der Waals surface area contributed by atoms with Crippen LogP contribution in [0.15, 0.2) is 60.7 Å². The summed E-state index contributed by atoms with van der Waals surface area (Å²) in [4.78, 5) is 23.3. The van der Waals surface area contributed by atoms with Gasteiger partial charge in [0.25, 0.3) is 11.8 Å². The van der Waals surface area contributed by atoms with E-state index in [2.05, 4.69) is 5.32 Å². The number of amides is 2. The lowest BCUT2D eigenvalue weighted by Crippen LogP contribution is -2.24. The highest BCUT2D eigenvalue weighted by atomic mass is 16.2. The summed E-state index contributed by atoms with van der Waals surface area (Å²) >= 11 is 0. The first-order valence-electron chi connectivity index (χ1n) is 5.63. The lowest BCUT2D eigenvalue weighted by atomic mass is 10.1. The maximum absolute atomic E-state index is 11.7. The smallest absolute Gasteiger partial charge is 0.272 e. The van der Waals surface area contributed by atoms with Crippen molar-refractivity contribution in [3.63, 3.8) is 0 Å². The van der Waals surface area contributed by atoms with Crippen LogP contribution in [-0.2, 0) is 11.2 Å². The summed E-state index contributed by atoms with van der Waals surface area (Å²) in [5.41, 5.74) is 1.28. The summed E-state index contributed by atoms with van der Waals surface area (Å²) in [6.07, 6.45) is 0.152. The fraction of sp³-hybridized carbons (Fsp3) is 0.0667. The van der Waals surface area contributed by atoms with Gasteiger partial charge < -0.3 is 0 Å². The van der Waals surface area contributed by atoms with E-state index >= 15 is 0 Å². The van der Waals surface area contributed by atoms with Crippen molar-refractivity contribution < 1.29 is 9.59 Å². The van der Waals surface area contributed by atoms with E-state index in [-0.39, 0.29) is 6.42 Å². The molecule has 0 heterocycles. The first kappa shape index (κ1) is 12.0. The molecule has 0 aliphatic rings. The predicted octanol–water partition coefficient (Wildman–Crippen LogP) is 2.20. The molecule has 3 heteroatoms. The zero-order valence-corrected chi connectivity index (χ0v) is 9.74. The van der Waals surface area contributed by atoms with Crippen LogP contribution in [0.3, 0.4) is 0 Å². The van der Waals surface area contributed by atoms with Gasteiger partial charge >= 0.3 is 0 Å². The fourth-order valence-electron chi connectivity index (χ4n) is 1.57. The van der Waals surface area contributed by atoms with Gasteiger partial charge in [0.05, 0.1) is 6.42 Å². The average molecular weight is 238 g/mol. The number of hydrogen-bond donors (Lipinski definition) is 0. The molecule has 0 atom stereocenters. The Balaban J connectivity index is 1.94. The summed E-state index contributed by atoms with van der Waals surface area (Å²) in [5, 5.41) is 3.56. The molecule has 0 spiro atoms. The molecule has 3 nitrogen and oxygen atoms in total. The van der Waals surface area contributed by atoms with Crippen molar-refractivity contribution in [1.29, 1.82) is 0 Å². The largest absolute Gasteiger partial charge is 0.280 e. The number of benzene rings is 2. The van der Waals surface area contributed by atoms with Crippen molar-refractivity contribution in [2.24, 2.45) is 0 Å². The molecule has 1 radical (unpaired) electrons. The summed E-state index contributed by atoms with van der Waals surface area (Å²) in [6, 6.07) is 17.8. The minimum Gasteiger partial charge on any atom is -0.272 e. The molecule has 0 bridgehead atoms. The second kappa shape index (κ2) is 5.77. The Morgan fingerprint density at radius 2 is 1.39 bits per heavy atom. The third-order valence-electron chi connectivity index (χ3n) is 2.45. The second-order valence-electron chi connectivity index (χ2n) is 3.84. The molecule has 0 unspecified atom stereocenters. The molecule has 0 aliphatic heterocycles. The number of hydrogen-bond acceptors (Lipinski definition) is 2. The quantitative estimate of drug-likeness (QED) is 0.823. The molecular formula is C15H12NO2. The Morgan fingerprint density at radius 1 is 0.833 bits per heavy atom. The van der Waals surface area contributed by atoms with E-state index in [1.807, 2.05) is 36.4 Å². The van der Waals surface area contributed by atoms with E-state index in [0.717, 1.165) is 5.56 Å². The predicted molar refractivity (Wildman–Crippen MR) is 68.1 cm³/mol. The number of rotatable bonds is 3. The number of nitrogens with zero attached hydrogens (tertiary/aromatic N) is 1. The van der Waals surface area contributed by atoms with E-state index in [1.54, 1.807) is 24.3 Å². The third-order valence-corrected chi connectivity index (χ3v) is 2.45. The van der Waals surface area contributed by atoms with Gasteiger partial charge in [-0.15, -0.1) is 0 Å². The van der Waals surface area contributed by atoms with E-state index in [1.165, 1.54) is 0 Å². The first-order valence-corrected chi connectivity index (χ1v) is 5.63. The van der Waals surface area contributed by atoms with Crippen LogP contribution in [0.25, 0.3) is 0 Å². The van der Waals surface area contributed by atoms with E-state index in [9.17, 15) is 9.59 Å². The molecule has 0 saturated heterocycles. The molecule has 0 saturated carbocycles. The van der Waals surface area contributed by atoms with E-state index in [4.69, 9.17) is 0 Å². The Kier molecular flexibility index (Phi) is 3.86. The average Bonchev–Trinajstić information content (AvgIpc) is 2.40. The lowest BCUT2D eigenvalue weighted by Gasteiger charge is -2.01. The number of carbonyl (C=O) groups is 2. The van der Waals surface area contributed by atoms with E-state index < -0.39 is 11.8 Å². The maximum atomic E-state index is 11.7. The molecule has 2 aromatic rings. The van der Waals surface area contributed by atoms with Crippen LogP contribution < -0.4 is 5.32 Å². The van der Waals surface area contributed by atoms with Gasteiger partial charge in [-0.2, -0.15) is 5.32 Å². The van der Waals surface area contributed by atoms with Gasteiger partial charge in [-0.3, -0.25) is 9.59 Å². The minimum atomic E-state index is -0.489. The highest BCUT2D eigenvalue weighted by Gasteiger charge is 2.12. The molecule has 2 amide bonds. The van der Waals surface area contributed by atoms with Crippen molar-refractivity contribution in [1.82, 2.24) is 5.32 Å². The molecule has 89 valence electrons. The van der Waals surface area contributed by atoms with Crippen molar-refractivity contribution in [2.45, 2.75) is 6.42 Å². The van der Waals surface area contributed by atoms with Crippen molar-refractivity contribution in [3.05, 3.63) is 71.8 Å². The zero-order valence-electron chi connectivity index (χ0n) is 9.74. The van der Waals surface area contributed by atoms with Crippen molar-refractivity contribution in [2.75, 3.05) is 0 Å². The summed E-state index contributed by atoms with van der Waals surface area (Å²) in [5.74, 6) is -0.911. The Morgan fingerprint density at radius 3 is 2.00 bits per heavy atom. The van der Waals surface area contributed by atoms with Crippen LogP contribution in [0.5, 0.6) is 0 Å². The van der Waals surface area contributed by atoms with Gasteiger partial charge in [0.2, 0.25) is 0 Å². The van der Waals surface area contributed by atoms with Crippen LogP contribution in [0.1, 0.15) is 15.9 Å². The monoisotopic (exact) mass is 238 g/mol. The van der Waals surface area contributed by atoms with Gasteiger partial charge in [0.1, 0.15) is 0 Å². The SMILES string of the molecule is O=C(Cc1ccccc1)[N]C(=O)c1ccccc1. The first-order chi connectivity index (χ1) is 8.75. The summed E-state index contributed by atoms with van der Waals surface area (Å²) in [7, 11) is 0. The fourth-order valence-corrected chi connectivity index (χ4v) is 1.57. The number of imide groups is 1. The van der Waals surface area contributed by atoms with Crippen LogP contribution in [0.2, 0.25) is 0 Å². The summed E-state index contributed by atoms with van der Waals surface area (Å²) in [6.45, 7) is 0. The molecule has 2 rings (SSSR count). The lowest BCUT2D eigenvalue weighted by molar-refractivity contribution is -0.119. The van der Waals surface area contributed by atoms with Gasteiger partial charge in [-0.1, -0.05) is 48.5 Å². The normalized spacial score (nSPS) is 9.78. The molecule has 0 aliphatic carbocycles. The molecule has 0 N–H and O–H groups in total. The van der Waals surface area contributed by atoms with Crippen molar-refractivity contribution in [3.8, 4) is 0 Å². The topological polar surface area (TPSA) is 48.2 Å². The molecule has 18 heavy (non-hydrogen) atoms. The van der Waals surface area contributed by atoms with Gasteiger partial charge in [-0.25, -0.2) is 0 Å². The van der Waals surface area contributed by atoms with Crippen LogP contribution >= 0.6 is 0 Å². The standard InChI is InChI=1S/C15H12NO2/c17-14(11-12-7-3-1-4-8-12)16-15(18)13-9-5-2-6-10-13/h1-10H,11H2. The maximum Gasteiger partial charge on any atom is 0.280 e. The van der Waals surface area contributed by atoms with Crippen molar-refractivity contribution >= 4 is 11.8 Å². The minimum absolute atomic E-state index is 0.152. The highest BCUT2D eigenvalue weighted by Crippen LogP contribution is 2.02. The van der Waals surface area contributed by atoms with Gasteiger partial charge in [0.15, 0.2) is 0 Å². The summed E-state index contributed by atoms with van der Waals surface area (Å²) < 4.78 is 0. The molecule has 0 aromatic heterocycles. The van der Waals surface area contributed by atoms with Crippen LogP contribution in [0, 0.1) is 0 Å². The van der Waals surface area contributed by atoms with Crippen LogP contribution in [0.4, 0.5) is 0 Å². The Bertz CT molecular complexity index is 535. The Labute approximate surface area is 105 Å². The molecular weight excluding hydrogens is 226 g/mol. The Hall–Kier alpha value is -2.42. The number of carbonyl (C=O) groups excluding carboxylic acids is 2. The van der Waals surface area contributed by atoms with Gasteiger partial charge in [-0.05, 0) is 17.7 Å². The zero-order chi connectivity index (χ0) is 12.8.